The van der Waals surface area contributed by atoms with Crippen molar-refractivity contribution in [1.82, 2.24) is 14.5 Å². The summed E-state index contributed by atoms with van der Waals surface area (Å²) in [4.78, 5) is 9.24. The molecule has 238 valence electrons. The van der Waals surface area contributed by atoms with Crippen molar-refractivity contribution in [3.8, 4) is 28.4 Å². The predicted molar refractivity (Wildman–Crippen MR) is 207 cm³/mol. The Morgan fingerprint density at radius 1 is 0.510 bits per heavy atom. The first kappa shape index (κ1) is 28.1. The van der Waals surface area contributed by atoms with Crippen LogP contribution in [0.5, 0.6) is 11.5 Å². The minimum Gasteiger partial charge on any atom is -0.456 e. The topological polar surface area (TPSA) is 39.9 Å². The summed E-state index contributed by atoms with van der Waals surface area (Å²) in [6, 6.07) is 52.3. The zero-order valence-corrected chi connectivity index (χ0v) is 27.5. The highest BCUT2D eigenvalue weighted by molar-refractivity contribution is 6.10. The molecule has 1 aliphatic carbocycles. The molecule has 2 aliphatic rings. The molecule has 0 radical (unpaired) electrons. The van der Waals surface area contributed by atoms with Gasteiger partial charge in [0.2, 0.25) is 0 Å². The molecule has 0 saturated carbocycles. The summed E-state index contributed by atoms with van der Waals surface area (Å²) in [5, 5.41) is 4.51. The molecule has 0 N–H and O–H groups in total. The Kier molecular flexibility index (Phi) is 5.84. The van der Waals surface area contributed by atoms with Gasteiger partial charge in [-0.1, -0.05) is 115 Å². The average molecular weight is 652 g/mol. The fourth-order valence-electron chi connectivity index (χ4n) is 8.64. The van der Waals surface area contributed by atoms with Crippen LogP contribution in [0.3, 0.4) is 0 Å². The van der Waals surface area contributed by atoms with Crippen molar-refractivity contribution in [3.63, 3.8) is 0 Å². The number of ether oxygens (including phenoxy) is 1. The minimum absolute atomic E-state index is 0.636. The largest absolute Gasteiger partial charge is 0.456 e. The Labute approximate surface area is 294 Å². The molecule has 6 aromatic carbocycles. The first-order valence-electron chi connectivity index (χ1n) is 17.3. The fraction of sp³-hybridized carbons (Fsp3) is 0.0213. The monoisotopic (exact) mass is 651 g/mol. The molecule has 1 spiro atoms. The molecule has 4 heteroatoms. The van der Waals surface area contributed by atoms with Gasteiger partial charge in [-0.25, -0.2) is 4.98 Å². The third-order valence-corrected chi connectivity index (χ3v) is 10.8. The SMILES string of the molecule is C1=Cc2ccc(-c3ccc4c(c3)c3cnccc3n4-c3ccccn3)cc2C2(c3ccccc31)c1ccccc1Oc1c2ccc2ccccc12. The van der Waals surface area contributed by atoms with E-state index < -0.39 is 5.41 Å². The Morgan fingerprint density at radius 3 is 2.20 bits per heavy atom. The molecule has 0 amide bonds. The predicted octanol–water partition coefficient (Wildman–Crippen LogP) is 11.4. The Balaban J connectivity index is 1.21. The van der Waals surface area contributed by atoms with E-state index >= 15 is 0 Å². The van der Waals surface area contributed by atoms with Crippen LogP contribution in [-0.4, -0.2) is 14.5 Å². The number of benzene rings is 6. The molecular weight excluding hydrogens is 623 g/mol. The van der Waals surface area contributed by atoms with Gasteiger partial charge in [0, 0.05) is 45.9 Å². The van der Waals surface area contributed by atoms with Crippen molar-refractivity contribution in [2.24, 2.45) is 0 Å². The van der Waals surface area contributed by atoms with Crippen LogP contribution >= 0.6 is 0 Å². The molecule has 4 nitrogen and oxygen atoms in total. The number of fused-ring (bicyclic) bond motifs is 13. The third kappa shape index (κ3) is 3.90. The van der Waals surface area contributed by atoms with Crippen LogP contribution in [0.2, 0.25) is 0 Å². The highest BCUT2D eigenvalue weighted by atomic mass is 16.5. The summed E-state index contributed by atoms with van der Waals surface area (Å²) in [6.45, 7) is 0. The molecule has 3 aromatic heterocycles. The van der Waals surface area contributed by atoms with Gasteiger partial charge in [0.1, 0.15) is 17.3 Å². The van der Waals surface area contributed by atoms with Crippen LogP contribution in [0, 0.1) is 0 Å². The lowest BCUT2D eigenvalue weighted by Crippen LogP contribution is -2.35. The number of hydrogen-bond acceptors (Lipinski definition) is 3. The highest BCUT2D eigenvalue weighted by Crippen LogP contribution is 2.59. The second kappa shape index (κ2) is 10.6. The molecule has 9 aromatic rings. The molecule has 51 heavy (non-hydrogen) atoms. The quantitative estimate of drug-likeness (QED) is 0.187. The Morgan fingerprint density at radius 2 is 1.27 bits per heavy atom. The van der Waals surface area contributed by atoms with Crippen LogP contribution in [0.25, 0.3) is 61.7 Å². The normalized spacial score (nSPS) is 15.6. The van der Waals surface area contributed by atoms with E-state index in [0.29, 0.717) is 0 Å². The second-order valence-corrected chi connectivity index (χ2v) is 13.4. The molecule has 0 fully saturated rings. The van der Waals surface area contributed by atoms with Gasteiger partial charge in [-0.3, -0.25) is 9.55 Å². The van der Waals surface area contributed by atoms with Gasteiger partial charge in [0.05, 0.1) is 16.4 Å². The second-order valence-electron chi connectivity index (χ2n) is 13.4. The Bertz CT molecular complexity index is 2900. The number of rotatable bonds is 2. The molecule has 4 heterocycles. The smallest absolute Gasteiger partial charge is 0.140 e. The first-order chi connectivity index (χ1) is 25.3. The van der Waals surface area contributed by atoms with E-state index in [1.807, 2.05) is 30.7 Å². The molecule has 1 atom stereocenters. The van der Waals surface area contributed by atoms with Crippen LogP contribution < -0.4 is 4.74 Å². The van der Waals surface area contributed by atoms with E-state index in [1.165, 1.54) is 22.3 Å². The Hall–Kier alpha value is -6.78. The maximum absolute atomic E-state index is 6.90. The molecular formula is C47H29N3O. The summed E-state index contributed by atoms with van der Waals surface area (Å²) in [5.41, 5.74) is 11.0. The van der Waals surface area contributed by atoms with Crippen LogP contribution in [-0.2, 0) is 5.41 Å². The standard InChI is InChI=1S/C47H29N3O/c1-3-11-35-30(9-1)20-22-40-46(35)51-44-14-6-5-13-39(44)47(40)38-12-4-2-10-31(38)16-17-32-18-19-34(28-41(32)47)33-21-23-42-36(27-33)37-29-48-26-24-43(37)50(42)45-15-7-8-25-49-45/h1-29H. The van der Waals surface area contributed by atoms with Crippen molar-refractivity contribution in [2.45, 2.75) is 5.41 Å². The molecule has 0 saturated heterocycles. The van der Waals surface area contributed by atoms with Gasteiger partial charge in [-0.15, -0.1) is 0 Å². The van der Waals surface area contributed by atoms with Gasteiger partial charge in [0.25, 0.3) is 0 Å². The molecule has 0 bridgehead atoms. The van der Waals surface area contributed by atoms with E-state index in [4.69, 9.17) is 9.72 Å². The van der Waals surface area contributed by atoms with Crippen molar-refractivity contribution in [2.75, 3.05) is 0 Å². The van der Waals surface area contributed by atoms with Gasteiger partial charge in [-0.05, 0) is 81.2 Å². The summed E-state index contributed by atoms with van der Waals surface area (Å²) >= 11 is 0. The van der Waals surface area contributed by atoms with Crippen molar-refractivity contribution in [3.05, 3.63) is 198 Å². The number of para-hydroxylation sites is 1. The van der Waals surface area contributed by atoms with Gasteiger partial charge < -0.3 is 4.74 Å². The summed E-state index contributed by atoms with van der Waals surface area (Å²) in [5.74, 6) is 2.68. The summed E-state index contributed by atoms with van der Waals surface area (Å²) in [6.07, 6.45) is 10.2. The van der Waals surface area contributed by atoms with E-state index in [9.17, 15) is 0 Å². The fourth-order valence-corrected chi connectivity index (χ4v) is 8.64. The lowest BCUT2D eigenvalue weighted by molar-refractivity contribution is 0.439. The first-order valence-corrected chi connectivity index (χ1v) is 17.3. The molecule has 1 aliphatic heterocycles. The van der Waals surface area contributed by atoms with Gasteiger partial charge in [0.15, 0.2) is 0 Å². The van der Waals surface area contributed by atoms with Crippen molar-refractivity contribution >= 4 is 44.7 Å². The average Bonchev–Trinajstić information content (AvgIpc) is 3.45. The van der Waals surface area contributed by atoms with E-state index in [-0.39, 0.29) is 0 Å². The third-order valence-electron chi connectivity index (χ3n) is 10.8. The molecule has 1 unspecified atom stereocenters. The maximum atomic E-state index is 6.90. The van der Waals surface area contributed by atoms with Crippen molar-refractivity contribution < 1.29 is 4.74 Å². The number of aromatic nitrogens is 3. The van der Waals surface area contributed by atoms with Gasteiger partial charge >= 0.3 is 0 Å². The lowest BCUT2D eigenvalue weighted by atomic mass is 9.61. The number of nitrogens with zero attached hydrogens (tertiary/aromatic N) is 3. The van der Waals surface area contributed by atoms with Crippen molar-refractivity contribution in [1.29, 1.82) is 0 Å². The zero-order valence-electron chi connectivity index (χ0n) is 27.5. The lowest BCUT2D eigenvalue weighted by Gasteiger charge is -2.43. The van der Waals surface area contributed by atoms with E-state index in [0.717, 1.165) is 72.1 Å². The van der Waals surface area contributed by atoms with Gasteiger partial charge in [-0.2, -0.15) is 0 Å². The van der Waals surface area contributed by atoms with Crippen LogP contribution in [0.4, 0.5) is 0 Å². The van der Waals surface area contributed by atoms with E-state index in [1.54, 1.807) is 0 Å². The maximum Gasteiger partial charge on any atom is 0.140 e. The summed E-state index contributed by atoms with van der Waals surface area (Å²) < 4.78 is 9.12. The molecule has 11 rings (SSSR count). The number of hydrogen-bond donors (Lipinski definition) is 0. The van der Waals surface area contributed by atoms with Crippen LogP contribution in [0.15, 0.2) is 164 Å². The zero-order chi connectivity index (χ0) is 33.5. The minimum atomic E-state index is -0.636. The van der Waals surface area contributed by atoms with E-state index in [2.05, 4.69) is 155 Å². The summed E-state index contributed by atoms with van der Waals surface area (Å²) in [7, 11) is 0. The number of pyridine rings is 2. The highest BCUT2D eigenvalue weighted by Gasteiger charge is 2.48. The van der Waals surface area contributed by atoms with Crippen LogP contribution in [0.1, 0.15) is 33.4 Å².